The van der Waals surface area contributed by atoms with Crippen LogP contribution in [0.3, 0.4) is 0 Å². The van der Waals surface area contributed by atoms with E-state index in [0.717, 1.165) is 24.0 Å². The van der Waals surface area contributed by atoms with E-state index in [2.05, 4.69) is 19.1 Å². The summed E-state index contributed by atoms with van der Waals surface area (Å²) in [6.45, 7) is 5.87. The zero-order chi connectivity index (χ0) is 13.4. The molecule has 1 saturated carbocycles. The number of benzene rings is 1. The Morgan fingerprint density at radius 3 is 2.39 bits per heavy atom. The van der Waals surface area contributed by atoms with E-state index in [9.17, 15) is 10.2 Å². The molecule has 0 aromatic heterocycles. The first-order chi connectivity index (χ1) is 8.39. The highest BCUT2D eigenvalue weighted by Gasteiger charge is 2.50. The maximum Gasteiger partial charge on any atom is 0.114 e. The summed E-state index contributed by atoms with van der Waals surface area (Å²) in [6.07, 6.45) is 3.77. The normalized spacial score (nSPS) is 28.8. The van der Waals surface area contributed by atoms with Gasteiger partial charge in [0, 0.05) is 0 Å². The third-order valence-corrected chi connectivity index (χ3v) is 4.32. The molecule has 0 aliphatic heterocycles. The van der Waals surface area contributed by atoms with Gasteiger partial charge in [0.05, 0.1) is 6.61 Å². The fourth-order valence-electron chi connectivity index (χ4n) is 2.67. The van der Waals surface area contributed by atoms with Crippen LogP contribution < -0.4 is 0 Å². The summed E-state index contributed by atoms with van der Waals surface area (Å²) in [7, 11) is 0. The van der Waals surface area contributed by atoms with E-state index in [1.165, 1.54) is 5.56 Å². The first kappa shape index (κ1) is 13.3. The summed E-state index contributed by atoms with van der Waals surface area (Å²) in [4.78, 5) is 0. The number of rotatable bonds is 2. The van der Waals surface area contributed by atoms with Crippen LogP contribution in [-0.2, 0) is 0 Å². The predicted octanol–water partition coefficient (Wildman–Crippen LogP) is 2.92. The molecule has 1 unspecified atom stereocenters. The number of aliphatic hydroxyl groups excluding tert-OH is 1. The predicted molar refractivity (Wildman–Crippen MR) is 74.2 cm³/mol. The van der Waals surface area contributed by atoms with Crippen molar-refractivity contribution in [1.82, 2.24) is 0 Å². The molecule has 0 saturated heterocycles. The zero-order valence-corrected chi connectivity index (χ0v) is 11.4. The number of hydrogen-bond donors (Lipinski definition) is 2. The van der Waals surface area contributed by atoms with Gasteiger partial charge in [-0.25, -0.2) is 0 Å². The van der Waals surface area contributed by atoms with Gasteiger partial charge in [-0.2, -0.15) is 0 Å². The topological polar surface area (TPSA) is 40.5 Å². The van der Waals surface area contributed by atoms with Gasteiger partial charge in [0.2, 0.25) is 0 Å². The Kier molecular flexibility index (Phi) is 3.35. The van der Waals surface area contributed by atoms with Gasteiger partial charge in [-0.3, -0.25) is 0 Å². The lowest BCUT2D eigenvalue weighted by atomic mass is 9.76. The van der Waals surface area contributed by atoms with E-state index in [1.807, 2.05) is 32.1 Å². The van der Waals surface area contributed by atoms with Gasteiger partial charge in [-0.1, -0.05) is 49.8 Å². The molecule has 2 nitrogen and oxygen atoms in total. The Hall–Kier alpha value is -1.12. The highest BCUT2D eigenvalue weighted by molar-refractivity contribution is 5.57. The minimum absolute atomic E-state index is 0.211. The summed E-state index contributed by atoms with van der Waals surface area (Å²) in [5.74, 6) is 0. The fourth-order valence-corrected chi connectivity index (χ4v) is 2.67. The second-order valence-corrected chi connectivity index (χ2v) is 5.98. The molecule has 1 fully saturated rings. The Morgan fingerprint density at radius 2 is 1.83 bits per heavy atom. The molecule has 0 spiro atoms. The first-order valence-corrected chi connectivity index (χ1v) is 6.50. The van der Waals surface area contributed by atoms with Crippen molar-refractivity contribution in [3.8, 4) is 0 Å². The van der Waals surface area contributed by atoms with Crippen molar-refractivity contribution < 1.29 is 10.2 Å². The van der Waals surface area contributed by atoms with Crippen LogP contribution in [0.5, 0.6) is 0 Å². The Labute approximate surface area is 109 Å². The Balaban J connectivity index is 2.36. The third-order valence-electron chi connectivity index (χ3n) is 4.32. The van der Waals surface area contributed by atoms with Gasteiger partial charge in [0.1, 0.15) is 5.60 Å². The summed E-state index contributed by atoms with van der Waals surface area (Å²) >= 11 is 0. The van der Waals surface area contributed by atoms with Crippen molar-refractivity contribution in [2.75, 3.05) is 6.61 Å². The lowest BCUT2D eigenvalue weighted by Crippen LogP contribution is -2.44. The van der Waals surface area contributed by atoms with E-state index in [1.54, 1.807) is 0 Å². The minimum atomic E-state index is -1.09. The van der Waals surface area contributed by atoms with E-state index < -0.39 is 5.60 Å². The molecule has 1 atom stereocenters. The molecule has 1 aliphatic rings. The van der Waals surface area contributed by atoms with Crippen LogP contribution in [0.1, 0.15) is 37.8 Å². The highest BCUT2D eigenvalue weighted by atomic mass is 16.3. The molecule has 0 bridgehead atoms. The maximum absolute atomic E-state index is 10.7. The van der Waals surface area contributed by atoms with Gasteiger partial charge in [-0.15, -0.1) is 0 Å². The number of aryl methyl sites for hydroxylation is 1. The van der Waals surface area contributed by atoms with Crippen LogP contribution >= 0.6 is 0 Å². The fraction of sp³-hybridized carbons (Fsp3) is 0.500. The second-order valence-electron chi connectivity index (χ2n) is 5.98. The van der Waals surface area contributed by atoms with Crippen LogP contribution in [0.2, 0.25) is 0 Å². The summed E-state index contributed by atoms with van der Waals surface area (Å²) in [6, 6.07) is 8.21. The molecule has 0 radical (unpaired) electrons. The molecule has 1 aliphatic carbocycles. The van der Waals surface area contributed by atoms with Crippen molar-refractivity contribution in [1.29, 1.82) is 0 Å². The molecule has 1 aromatic carbocycles. The van der Waals surface area contributed by atoms with Gasteiger partial charge in [0.15, 0.2) is 0 Å². The first-order valence-electron chi connectivity index (χ1n) is 6.50. The van der Waals surface area contributed by atoms with Crippen LogP contribution in [0.15, 0.2) is 29.8 Å². The smallest absolute Gasteiger partial charge is 0.114 e. The van der Waals surface area contributed by atoms with Crippen molar-refractivity contribution in [3.63, 3.8) is 0 Å². The summed E-state index contributed by atoms with van der Waals surface area (Å²) in [5.41, 5.74) is 1.90. The maximum atomic E-state index is 10.7. The van der Waals surface area contributed by atoms with Gasteiger partial charge < -0.3 is 10.2 Å². The van der Waals surface area contributed by atoms with Crippen LogP contribution in [0, 0.1) is 12.3 Å². The minimum Gasteiger partial charge on any atom is -0.393 e. The van der Waals surface area contributed by atoms with E-state index in [-0.39, 0.29) is 12.0 Å². The largest absolute Gasteiger partial charge is 0.393 e. The molecule has 2 rings (SSSR count). The second kappa shape index (κ2) is 4.52. The van der Waals surface area contributed by atoms with Gasteiger partial charge in [0.25, 0.3) is 0 Å². The molecule has 0 heterocycles. The van der Waals surface area contributed by atoms with Crippen molar-refractivity contribution in [3.05, 3.63) is 41.0 Å². The van der Waals surface area contributed by atoms with Crippen LogP contribution in [-0.4, -0.2) is 22.4 Å². The Morgan fingerprint density at radius 1 is 1.22 bits per heavy atom. The van der Waals surface area contributed by atoms with E-state index in [4.69, 9.17) is 0 Å². The molecule has 1 aromatic rings. The molecule has 18 heavy (non-hydrogen) atoms. The SMILES string of the molecule is Cc1ccc(/C=C2\CCC(C)(C)C2(O)CO)cc1. The highest BCUT2D eigenvalue weighted by Crippen LogP contribution is 2.49. The lowest BCUT2D eigenvalue weighted by molar-refractivity contribution is -0.0544. The average molecular weight is 246 g/mol. The lowest BCUT2D eigenvalue weighted by Gasteiger charge is -2.36. The quantitative estimate of drug-likeness (QED) is 0.842. The number of hydrogen-bond acceptors (Lipinski definition) is 2. The van der Waals surface area contributed by atoms with Gasteiger partial charge in [-0.05, 0) is 36.3 Å². The summed E-state index contributed by atoms with van der Waals surface area (Å²) < 4.78 is 0. The van der Waals surface area contributed by atoms with Crippen LogP contribution in [0.4, 0.5) is 0 Å². The molecule has 98 valence electrons. The zero-order valence-electron chi connectivity index (χ0n) is 11.4. The summed E-state index contributed by atoms with van der Waals surface area (Å²) in [5, 5.41) is 20.2. The molecule has 2 N–H and O–H groups in total. The molecular formula is C16H22O2. The Bertz CT molecular complexity index is 456. The van der Waals surface area contributed by atoms with Crippen molar-refractivity contribution in [2.24, 2.45) is 5.41 Å². The average Bonchev–Trinajstić information content (AvgIpc) is 2.56. The third kappa shape index (κ3) is 2.11. The number of aliphatic hydroxyl groups is 2. The van der Waals surface area contributed by atoms with Crippen molar-refractivity contribution >= 4 is 6.08 Å². The standard InChI is InChI=1S/C16H22O2/c1-12-4-6-13(7-5-12)10-14-8-9-15(2,3)16(14,18)11-17/h4-7,10,17-18H,8-9,11H2,1-3H3/b14-10+. The monoisotopic (exact) mass is 246 g/mol. The molecule has 0 amide bonds. The van der Waals surface area contributed by atoms with E-state index in [0.29, 0.717) is 0 Å². The van der Waals surface area contributed by atoms with E-state index >= 15 is 0 Å². The van der Waals surface area contributed by atoms with Crippen LogP contribution in [0.25, 0.3) is 6.08 Å². The van der Waals surface area contributed by atoms with Gasteiger partial charge >= 0.3 is 0 Å². The molecular weight excluding hydrogens is 224 g/mol. The molecule has 2 heteroatoms. The van der Waals surface area contributed by atoms with Crippen molar-refractivity contribution in [2.45, 2.75) is 39.2 Å².